The van der Waals surface area contributed by atoms with Gasteiger partial charge in [-0.3, -0.25) is 4.79 Å². The van der Waals surface area contributed by atoms with Gasteiger partial charge in [0.05, 0.1) is 10.8 Å². The first kappa shape index (κ1) is 18.0. The molecular weight excluding hydrogens is 406 g/mol. The van der Waals surface area contributed by atoms with Gasteiger partial charge in [-0.25, -0.2) is 4.98 Å². The molecule has 0 saturated carbocycles. The van der Waals surface area contributed by atoms with E-state index in [2.05, 4.69) is 38.1 Å². The number of hydrogen-bond donors (Lipinski definition) is 1. The van der Waals surface area contributed by atoms with Crippen molar-refractivity contribution in [2.75, 3.05) is 24.2 Å². The number of likely N-dealkylation sites (tertiary alicyclic amines) is 1. The summed E-state index contributed by atoms with van der Waals surface area (Å²) in [4.78, 5) is 18.2. The number of nitrogens with zero attached hydrogens (tertiary/aromatic N) is 2. The molecule has 120 valence electrons. The number of anilines is 1. The highest BCUT2D eigenvalue weighted by Gasteiger charge is 2.18. The minimum Gasteiger partial charge on any atom is -0.357 e. The Balaban J connectivity index is 1.77. The van der Waals surface area contributed by atoms with Crippen molar-refractivity contribution in [1.29, 1.82) is 0 Å². The van der Waals surface area contributed by atoms with Gasteiger partial charge in [0.25, 0.3) is 0 Å². The van der Waals surface area contributed by atoms with Crippen molar-refractivity contribution in [2.24, 2.45) is 5.92 Å². The monoisotopic (exact) mass is 421 g/mol. The van der Waals surface area contributed by atoms with Crippen molar-refractivity contribution in [1.82, 2.24) is 9.88 Å². The Kier molecular flexibility index (Phi) is 6.92. The number of pyridine rings is 1. The standard InChI is InChI=1S/C14H17BrClN3OS2/c1-9-2-4-19(5-3-9)14(21)22-8-13(20)18-12-6-10(15)11(16)7-17-12/h6-7,9H,2-5,8H2,1H3,(H,17,18,20). The van der Waals surface area contributed by atoms with E-state index in [1.165, 1.54) is 18.0 Å². The van der Waals surface area contributed by atoms with Crippen molar-refractivity contribution >= 4 is 67.6 Å². The first-order chi connectivity index (χ1) is 10.5. The summed E-state index contributed by atoms with van der Waals surface area (Å²) < 4.78 is 1.50. The van der Waals surface area contributed by atoms with Crippen LogP contribution in [0.15, 0.2) is 16.7 Å². The maximum Gasteiger partial charge on any atom is 0.235 e. The number of aromatic nitrogens is 1. The molecule has 22 heavy (non-hydrogen) atoms. The number of piperidine rings is 1. The summed E-state index contributed by atoms with van der Waals surface area (Å²) in [6.07, 6.45) is 3.82. The third-order valence-electron chi connectivity index (χ3n) is 3.44. The molecule has 0 bridgehead atoms. The zero-order chi connectivity index (χ0) is 16.1. The average Bonchev–Trinajstić information content (AvgIpc) is 2.49. The summed E-state index contributed by atoms with van der Waals surface area (Å²) in [5.41, 5.74) is 0. The summed E-state index contributed by atoms with van der Waals surface area (Å²) in [6, 6.07) is 1.68. The van der Waals surface area contributed by atoms with Gasteiger partial charge < -0.3 is 10.2 Å². The number of halogens is 2. The summed E-state index contributed by atoms with van der Waals surface area (Å²) in [6.45, 7) is 4.23. The van der Waals surface area contributed by atoms with Gasteiger partial charge in [0.15, 0.2) is 0 Å². The Morgan fingerprint density at radius 3 is 2.91 bits per heavy atom. The van der Waals surface area contributed by atoms with Crippen LogP contribution in [0, 0.1) is 5.92 Å². The van der Waals surface area contributed by atoms with Gasteiger partial charge in [-0.2, -0.15) is 0 Å². The first-order valence-electron chi connectivity index (χ1n) is 6.98. The second-order valence-electron chi connectivity index (χ2n) is 5.26. The van der Waals surface area contributed by atoms with Crippen LogP contribution in [0.2, 0.25) is 5.02 Å². The number of rotatable bonds is 3. The quantitative estimate of drug-likeness (QED) is 0.740. The number of thiocarbonyl (C=S) groups is 1. The van der Waals surface area contributed by atoms with Gasteiger partial charge in [0.2, 0.25) is 5.91 Å². The predicted octanol–water partition coefficient (Wildman–Crippen LogP) is 4.19. The first-order valence-corrected chi connectivity index (χ1v) is 9.55. The van der Waals surface area contributed by atoms with Crippen molar-refractivity contribution in [3.05, 3.63) is 21.8 Å². The molecule has 4 nitrogen and oxygen atoms in total. The van der Waals surface area contributed by atoms with Crippen molar-refractivity contribution in [2.45, 2.75) is 19.8 Å². The van der Waals surface area contributed by atoms with E-state index in [1.54, 1.807) is 6.07 Å². The molecule has 1 saturated heterocycles. The Bertz CT molecular complexity index is 565. The summed E-state index contributed by atoms with van der Waals surface area (Å²) in [5.74, 6) is 1.40. The van der Waals surface area contributed by atoms with E-state index in [0.29, 0.717) is 15.3 Å². The third kappa shape index (κ3) is 5.37. The summed E-state index contributed by atoms with van der Waals surface area (Å²) >= 11 is 16.0. The van der Waals surface area contributed by atoms with Gasteiger partial charge in [-0.15, -0.1) is 0 Å². The molecule has 1 aromatic rings. The average molecular weight is 423 g/mol. The van der Waals surface area contributed by atoms with Crippen LogP contribution in [-0.4, -0.2) is 39.0 Å². The lowest BCUT2D eigenvalue weighted by Crippen LogP contribution is -2.36. The molecule has 1 N–H and O–H groups in total. The number of hydrogen-bond acceptors (Lipinski definition) is 4. The lowest BCUT2D eigenvalue weighted by molar-refractivity contribution is -0.113. The molecule has 1 fully saturated rings. The number of nitrogens with one attached hydrogen (secondary N) is 1. The van der Waals surface area contributed by atoms with Crippen LogP contribution in [0.4, 0.5) is 5.82 Å². The topological polar surface area (TPSA) is 45.2 Å². The van der Waals surface area contributed by atoms with Crippen LogP contribution in [0.3, 0.4) is 0 Å². The molecule has 0 aromatic carbocycles. The maximum absolute atomic E-state index is 11.9. The SMILES string of the molecule is CC1CCN(C(=S)SCC(=O)Nc2cc(Br)c(Cl)cn2)CC1. The lowest BCUT2D eigenvalue weighted by Gasteiger charge is -2.31. The van der Waals surface area contributed by atoms with Gasteiger partial charge in [0, 0.05) is 23.8 Å². The molecule has 2 heterocycles. The minimum absolute atomic E-state index is 0.126. The van der Waals surface area contributed by atoms with Crippen molar-refractivity contribution < 1.29 is 4.79 Å². The second-order valence-corrected chi connectivity index (χ2v) is 8.13. The number of amides is 1. The van der Waals surface area contributed by atoms with Gasteiger partial charge in [0.1, 0.15) is 10.1 Å². The minimum atomic E-state index is -0.126. The summed E-state index contributed by atoms with van der Waals surface area (Å²) in [7, 11) is 0. The Morgan fingerprint density at radius 2 is 2.27 bits per heavy atom. The number of carbonyl (C=O) groups excluding carboxylic acids is 1. The van der Waals surface area contributed by atoms with E-state index in [9.17, 15) is 4.79 Å². The molecule has 0 atom stereocenters. The van der Waals surface area contributed by atoms with E-state index in [4.69, 9.17) is 23.8 Å². The van der Waals surface area contributed by atoms with Crippen LogP contribution < -0.4 is 5.32 Å². The van der Waals surface area contributed by atoms with E-state index in [1.807, 2.05) is 0 Å². The number of thioether (sulfide) groups is 1. The zero-order valence-corrected chi connectivity index (χ0v) is 16.1. The molecule has 2 rings (SSSR count). The molecule has 1 aliphatic heterocycles. The molecule has 0 aliphatic carbocycles. The van der Waals surface area contributed by atoms with Crippen molar-refractivity contribution in [3.8, 4) is 0 Å². The molecule has 1 aliphatic rings. The van der Waals surface area contributed by atoms with Crippen LogP contribution in [-0.2, 0) is 4.79 Å². The predicted molar refractivity (Wildman–Crippen MR) is 101 cm³/mol. The van der Waals surface area contributed by atoms with Crippen molar-refractivity contribution in [3.63, 3.8) is 0 Å². The second kappa shape index (κ2) is 8.47. The lowest BCUT2D eigenvalue weighted by atomic mass is 10.00. The molecule has 8 heteroatoms. The molecular formula is C14H17BrClN3OS2. The van der Waals surface area contributed by atoms with Gasteiger partial charge >= 0.3 is 0 Å². The Morgan fingerprint density at radius 1 is 1.59 bits per heavy atom. The van der Waals surface area contributed by atoms with E-state index in [-0.39, 0.29) is 11.7 Å². The van der Waals surface area contributed by atoms with Crippen LogP contribution in [0.25, 0.3) is 0 Å². The van der Waals surface area contributed by atoms with E-state index >= 15 is 0 Å². The van der Waals surface area contributed by atoms with Gasteiger partial charge in [-0.05, 0) is 40.8 Å². The fraction of sp³-hybridized carbons (Fsp3) is 0.500. The molecule has 0 spiro atoms. The normalized spacial score (nSPS) is 15.7. The number of carbonyl (C=O) groups is 1. The van der Waals surface area contributed by atoms with Gasteiger partial charge in [-0.1, -0.05) is 42.5 Å². The Labute approximate surface area is 153 Å². The highest BCUT2D eigenvalue weighted by Crippen LogP contribution is 2.24. The maximum atomic E-state index is 11.9. The van der Waals surface area contributed by atoms with E-state index in [0.717, 1.165) is 36.2 Å². The smallest absolute Gasteiger partial charge is 0.235 e. The molecule has 1 amide bonds. The molecule has 0 radical (unpaired) electrons. The third-order valence-corrected chi connectivity index (χ3v) is 6.15. The van der Waals surface area contributed by atoms with Crippen LogP contribution in [0.1, 0.15) is 19.8 Å². The largest absolute Gasteiger partial charge is 0.357 e. The van der Waals surface area contributed by atoms with E-state index < -0.39 is 0 Å². The fourth-order valence-corrected chi connectivity index (χ4v) is 3.54. The highest BCUT2D eigenvalue weighted by atomic mass is 79.9. The summed E-state index contributed by atoms with van der Waals surface area (Å²) in [5, 5.41) is 3.24. The highest BCUT2D eigenvalue weighted by molar-refractivity contribution is 9.10. The fourth-order valence-electron chi connectivity index (χ4n) is 2.07. The zero-order valence-electron chi connectivity index (χ0n) is 12.1. The molecule has 1 aromatic heterocycles. The Hall–Kier alpha value is -0.370. The van der Waals surface area contributed by atoms with Crippen LogP contribution >= 0.6 is 51.5 Å². The molecule has 0 unspecified atom stereocenters. The van der Waals surface area contributed by atoms with Crippen LogP contribution in [0.5, 0.6) is 0 Å².